The normalized spacial score (nSPS) is 19.0. The Bertz CT molecular complexity index is 857. The molecule has 0 saturated heterocycles. The number of alkyl halides is 2. The highest BCUT2D eigenvalue weighted by atomic mass is 19.3. The lowest BCUT2D eigenvalue weighted by atomic mass is 9.77. The Labute approximate surface area is 175 Å². The minimum absolute atomic E-state index is 0.231. The van der Waals surface area contributed by atoms with E-state index in [9.17, 15) is 18.0 Å². The Morgan fingerprint density at radius 3 is 2.23 bits per heavy atom. The van der Waals surface area contributed by atoms with Gasteiger partial charge in [0.05, 0.1) is 12.7 Å². The monoisotopic (exact) mass is 420 g/mol. The molecular weight excluding hydrogens is 393 g/mol. The maximum atomic E-state index is 14.2. The molecule has 0 unspecified atom stereocenters. The van der Waals surface area contributed by atoms with Crippen LogP contribution in [-0.2, 0) is 0 Å². The molecule has 2 aromatic carbocycles. The number of halogens is 3. The summed E-state index contributed by atoms with van der Waals surface area (Å²) in [7, 11) is 1.18. The fourth-order valence-electron chi connectivity index (χ4n) is 4.25. The fourth-order valence-corrected chi connectivity index (χ4v) is 4.25. The molecule has 2 aromatic rings. The number of carbonyl (C=O) groups is 1. The van der Waals surface area contributed by atoms with Gasteiger partial charge in [-0.1, -0.05) is 31.9 Å². The third-order valence-corrected chi connectivity index (χ3v) is 5.91. The van der Waals surface area contributed by atoms with Gasteiger partial charge in [0, 0.05) is 0 Å². The van der Waals surface area contributed by atoms with Crippen molar-refractivity contribution < 1.29 is 27.4 Å². The summed E-state index contributed by atoms with van der Waals surface area (Å²) in [5.41, 5.74) is 0.420. The van der Waals surface area contributed by atoms with E-state index in [1.165, 1.54) is 38.4 Å². The van der Waals surface area contributed by atoms with Gasteiger partial charge in [-0.05, 0) is 67.3 Å². The standard InChI is InChI=1S/C24H27F3O3/c1-3-4-15-5-7-16(8-6-15)17-9-11-18(12-10-17)24(28)30-19-13-14-20(29-2)22(25)21(19)23(26)27/h9-16,23H,3-8H2,1-2H3. The predicted molar refractivity (Wildman–Crippen MR) is 109 cm³/mol. The van der Waals surface area contributed by atoms with Crippen molar-refractivity contribution in [3.05, 3.63) is 58.9 Å². The first-order chi connectivity index (χ1) is 14.4. The molecule has 1 aliphatic rings. The van der Waals surface area contributed by atoms with Gasteiger partial charge in [0.25, 0.3) is 6.43 Å². The number of hydrogen-bond donors (Lipinski definition) is 0. The van der Waals surface area contributed by atoms with Crippen LogP contribution in [0, 0.1) is 11.7 Å². The van der Waals surface area contributed by atoms with E-state index in [0.717, 1.165) is 30.9 Å². The molecule has 6 heteroatoms. The van der Waals surface area contributed by atoms with Crippen molar-refractivity contribution >= 4 is 5.97 Å². The van der Waals surface area contributed by atoms with Crippen LogP contribution in [0.25, 0.3) is 0 Å². The van der Waals surface area contributed by atoms with E-state index in [2.05, 4.69) is 6.92 Å². The first kappa shape index (κ1) is 22.2. The van der Waals surface area contributed by atoms with Gasteiger partial charge in [-0.3, -0.25) is 0 Å². The van der Waals surface area contributed by atoms with E-state index in [1.54, 1.807) is 12.1 Å². The fraction of sp³-hybridized carbons (Fsp3) is 0.458. The van der Waals surface area contributed by atoms with Crippen LogP contribution in [0.1, 0.15) is 79.3 Å². The van der Waals surface area contributed by atoms with Crippen LogP contribution in [0.5, 0.6) is 11.5 Å². The lowest BCUT2D eigenvalue weighted by Gasteiger charge is -2.28. The first-order valence-electron chi connectivity index (χ1n) is 10.4. The molecule has 0 aliphatic heterocycles. The molecule has 3 rings (SSSR count). The van der Waals surface area contributed by atoms with E-state index in [0.29, 0.717) is 5.92 Å². The lowest BCUT2D eigenvalue weighted by molar-refractivity contribution is 0.0720. The van der Waals surface area contributed by atoms with E-state index in [1.807, 2.05) is 12.1 Å². The summed E-state index contributed by atoms with van der Waals surface area (Å²) in [5.74, 6) is -1.58. The molecule has 1 fully saturated rings. The van der Waals surface area contributed by atoms with Crippen molar-refractivity contribution in [2.24, 2.45) is 5.92 Å². The summed E-state index contributed by atoms with van der Waals surface area (Å²) < 4.78 is 50.6. The van der Waals surface area contributed by atoms with Gasteiger partial charge in [0.1, 0.15) is 11.3 Å². The predicted octanol–water partition coefficient (Wildman–Crippen LogP) is 7.07. The van der Waals surface area contributed by atoms with Crippen molar-refractivity contribution in [3.8, 4) is 11.5 Å². The SMILES string of the molecule is CCCC1CCC(c2ccc(C(=O)Oc3ccc(OC)c(F)c3C(F)F)cc2)CC1. The summed E-state index contributed by atoms with van der Waals surface area (Å²) in [4.78, 5) is 12.4. The Balaban J connectivity index is 1.69. The number of benzene rings is 2. The molecule has 0 amide bonds. The molecule has 0 spiro atoms. The number of ether oxygens (including phenoxy) is 2. The van der Waals surface area contributed by atoms with E-state index in [4.69, 9.17) is 9.47 Å². The molecule has 1 saturated carbocycles. The maximum Gasteiger partial charge on any atom is 0.343 e. The Morgan fingerprint density at radius 2 is 1.67 bits per heavy atom. The Hall–Kier alpha value is -2.50. The van der Waals surface area contributed by atoms with Crippen LogP contribution >= 0.6 is 0 Å². The van der Waals surface area contributed by atoms with Gasteiger partial charge in [-0.2, -0.15) is 0 Å². The summed E-state index contributed by atoms with van der Waals surface area (Å²) >= 11 is 0. The largest absolute Gasteiger partial charge is 0.494 e. The van der Waals surface area contributed by atoms with Crippen LogP contribution < -0.4 is 9.47 Å². The van der Waals surface area contributed by atoms with Gasteiger partial charge < -0.3 is 9.47 Å². The van der Waals surface area contributed by atoms with Gasteiger partial charge >= 0.3 is 5.97 Å². The zero-order chi connectivity index (χ0) is 21.7. The second-order valence-electron chi connectivity index (χ2n) is 7.81. The molecule has 0 N–H and O–H groups in total. The van der Waals surface area contributed by atoms with Gasteiger partial charge in [-0.15, -0.1) is 0 Å². The summed E-state index contributed by atoms with van der Waals surface area (Å²) in [6, 6.07) is 9.33. The van der Waals surface area contributed by atoms with Crippen molar-refractivity contribution in [2.45, 2.75) is 57.8 Å². The third-order valence-electron chi connectivity index (χ3n) is 5.91. The number of rotatable bonds is 7. The van der Waals surface area contributed by atoms with Crippen molar-refractivity contribution in [3.63, 3.8) is 0 Å². The highest BCUT2D eigenvalue weighted by Gasteiger charge is 2.26. The average Bonchev–Trinajstić information content (AvgIpc) is 2.74. The number of esters is 1. The van der Waals surface area contributed by atoms with Crippen LogP contribution in [0.4, 0.5) is 13.2 Å². The highest BCUT2D eigenvalue weighted by Crippen LogP contribution is 2.38. The van der Waals surface area contributed by atoms with Crippen LogP contribution in [0.15, 0.2) is 36.4 Å². The number of methoxy groups -OCH3 is 1. The highest BCUT2D eigenvalue weighted by molar-refractivity contribution is 5.91. The van der Waals surface area contributed by atoms with Gasteiger partial charge in [0.15, 0.2) is 11.6 Å². The minimum Gasteiger partial charge on any atom is -0.494 e. The molecule has 0 atom stereocenters. The molecule has 0 radical (unpaired) electrons. The smallest absolute Gasteiger partial charge is 0.343 e. The van der Waals surface area contributed by atoms with Crippen LogP contribution in [0.3, 0.4) is 0 Å². The van der Waals surface area contributed by atoms with Crippen LogP contribution in [-0.4, -0.2) is 13.1 Å². The van der Waals surface area contributed by atoms with Crippen molar-refractivity contribution in [1.29, 1.82) is 0 Å². The first-order valence-corrected chi connectivity index (χ1v) is 10.4. The number of carbonyl (C=O) groups excluding carboxylic acids is 1. The van der Waals surface area contributed by atoms with E-state index in [-0.39, 0.29) is 11.3 Å². The topological polar surface area (TPSA) is 35.5 Å². The molecular formula is C24H27F3O3. The minimum atomic E-state index is -3.15. The molecule has 0 bridgehead atoms. The zero-order valence-electron chi connectivity index (χ0n) is 17.3. The molecule has 0 heterocycles. The van der Waals surface area contributed by atoms with E-state index >= 15 is 0 Å². The molecule has 162 valence electrons. The second-order valence-corrected chi connectivity index (χ2v) is 7.81. The zero-order valence-corrected chi connectivity index (χ0v) is 17.3. The van der Waals surface area contributed by atoms with E-state index < -0.39 is 29.5 Å². The summed E-state index contributed by atoms with van der Waals surface area (Å²) in [6.07, 6.45) is 4.08. The van der Waals surface area contributed by atoms with Crippen LogP contribution in [0.2, 0.25) is 0 Å². The quantitative estimate of drug-likeness (QED) is 0.355. The lowest BCUT2D eigenvalue weighted by Crippen LogP contribution is -2.14. The Morgan fingerprint density at radius 1 is 1.03 bits per heavy atom. The van der Waals surface area contributed by atoms with Crippen molar-refractivity contribution in [2.75, 3.05) is 7.11 Å². The maximum absolute atomic E-state index is 14.2. The summed E-state index contributed by atoms with van der Waals surface area (Å²) in [5, 5.41) is 0. The third kappa shape index (κ3) is 4.97. The average molecular weight is 420 g/mol. The van der Waals surface area contributed by atoms with Gasteiger partial charge in [0.2, 0.25) is 0 Å². The molecule has 1 aliphatic carbocycles. The second kappa shape index (κ2) is 10.0. The summed E-state index contributed by atoms with van der Waals surface area (Å²) in [6.45, 7) is 2.22. The molecule has 3 nitrogen and oxygen atoms in total. The van der Waals surface area contributed by atoms with Gasteiger partial charge in [-0.25, -0.2) is 18.0 Å². The Kier molecular flexibility index (Phi) is 7.40. The van der Waals surface area contributed by atoms with Crippen molar-refractivity contribution in [1.82, 2.24) is 0 Å². The molecule has 0 aromatic heterocycles. The number of hydrogen-bond acceptors (Lipinski definition) is 3. The molecule has 30 heavy (non-hydrogen) atoms.